The molecule has 6 rings (SSSR count). The molecule has 6 heterocycles. The van der Waals surface area contributed by atoms with Crippen molar-refractivity contribution < 1.29 is 139 Å². The molecule has 28 nitrogen and oxygen atoms in total. The summed E-state index contributed by atoms with van der Waals surface area (Å²) in [5.41, 5.74) is 0. The maximum Gasteiger partial charge on any atom is 0.187 e. The number of aliphatic hydroxyl groups is 17. The van der Waals surface area contributed by atoms with Crippen molar-refractivity contribution in [2.24, 2.45) is 0 Å². The summed E-state index contributed by atoms with van der Waals surface area (Å²) in [6, 6.07) is 0. The quantitative estimate of drug-likeness (QED) is 0.0815. The van der Waals surface area contributed by atoms with Crippen LogP contribution in [-0.4, -0.2) is 292 Å². The first-order valence-electron chi connectivity index (χ1n) is 19.8. The minimum atomic E-state index is -2.06. The summed E-state index contributed by atoms with van der Waals surface area (Å²) in [6.07, 6.45) is -48.1. The summed E-state index contributed by atoms with van der Waals surface area (Å²) in [4.78, 5) is 0. The van der Waals surface area contributed by atoms with Gasteiger partial charge in [-0.15, -0.1) is 0 Å². The van der Waals surface area contributed by atoms with Gasteiger partial charge in [0.1, 0.15) is 128 Å². The normalized spacial score (nSPS) is 54.3. The van der Waals surface area contributed by atoms with Gasteiger partial charge in [0.05, 0.1) is 39.1 Å². The lowest BCUT2D eigenvalue weighted by molar-refractivity contribution is -0.386. The van der Waals surface area contributed by atoms with Crippen LogP contribution in [0.25, 0.3) is 0 Å². The molecule has 6 saturated heterocycles. The Morgan fingerprint density at radius 3 is 1.18 bits per heavy atom. The van der Waals surface area contributed by atoms with Crippen LogP contribution in [0.2, 0.25) is 0 Å². The molecule has 6 aliphatic heterocycles. The van der Waals surface area contributed by atoms with Gasteiger partial charge in [0.25, 0.3) is 0 Å². The molecule has 17 N–H and O–H groups in total. The van der Waals surface area contributed by atoms with Crippen LogP contribution < -0.4 is 0 Å². The van der Waals surface area contributed by atoms with Crippen LogP contribution in [0.3, 0.4) is 0 Å². The van der Waals surface area contributed by atoms with Gasteiger partial charge in [0.2, 0.25) is 0 Å². The zero-order valence-electron chi connectivity index (χ0n) is 32.8. The summed E-state index contributed by atoms with van der Waals surface area (Å²) in [5, 5.41) is 177. The molecule has 0 amide bonds. The Labute approximate surface area is 350 Å². The molecule has 0 radical (unpaired) electrons. The Bertz CT molecular complexity index is 1380. The van der Waals surface area contributed by atoms with Gasteiger partial charge in [-0.3, -0.25) is 0 Å². The zero-order chi connectivity index (χ0) is 45.5. The highest BCUT2D eigenvalue weighted by molar-refractivity contribution is 4.98. The average molecular weight is 915 g/mol. The van der Waals surface area contributed by atoms with Crippen LogP contribution in [0, 0.1) is 0 Å². The first-order valence-corrected chi connectivity index (χ1v) is 19.8. The predicted molar refractivity (Wildman–Crippen MR) is 186 cm³/mol. The monoisotopic (exact) mass is 914 g/mol. The minimum absolute atomic E-state index is 0.487. The van der Waals surface area contributed by atoms with E-state index in [1.54, 1.807) is 0 Å². The third-order valence-electron chi connectivity index (χ3n) is 11.6. The lowest BCUT2D eigenvalue weighted by Gasteiger charge is -2.48. The van der Waals surface area contributed by atoms with Crippen molar-refractivity contribution in [1.29, 1.82) is 0 Å². The van der Waals surface area contributed by atoms with Crippen LogP contribution in [0.5, 0.6) is 0 Å². The Kier molecular flexibility index (Phi) is 17.2. The fourth-order valence-electron chi connectivity index (χ4n) is 7.88. The highest BCUT2D eigenvalue weighted by atomic mass is 16.8. The lowest BCUT2D eigenvalue weighted by atomic mass is 9.96. The minimum Gasteiger partial charge on any atom is -0.394 e. The second-order valence-electron chi connectivity index (χ2n) is 15.8. The second-order valence-corrected chi connectivity index (χ2v) is 15.8. The van der Waals surface area contributed by atoms with E-state index in [-0.39, 0.29) is 0 Å². The van der Waals surface area contributed by atoms with Crippen molar-refractivity contribution in [3.63, 3.8) is 0 Å². The molecule has 0 bridgehead atoms. The average Bonchev–Trinajstić information content (AvgIpc) is 3.25. The van der Waals surface area contributed by atoms with E-state index in [1.807, 2.05) is 0 Å². The summed E-state index contributed by atoms with van der Waals surface area (Å²) < 4.78 is 60.4. The van der Waals surface area contributed by atoms with Crippen LogP contribution in [0.15, 0.2) is 0 Å². The highest BCUT2D eigenvalue weighted by Gasteiger charge is 2.55. The van der Waals surface area contributed by atoms with Crippen molar-refractivity contribution >= 4 is 0 Å². The standard InChI is InChI=1S/C34H58O28/c1-7-26(17(42)20(45)29(51)54-7)60-31-22(47)14(39)11(5-53-31)58-30-21(46)15(40)12(6-52-30)59-32-24(49)18(43)27(9(3-36)56-32)62-34-25(50)19(44)28(10(4-37)57-34)61-33-23(48)16(41)13(38)8(2-35)55-33/h7-51H,2-6H2,1H3/t7-,8+,9-,10+,11+,12+,13+,14-,15-,16+,17-,18-,19+,20+,21-,22-,23-,24-,25-,26-,27-,28+,29-,30-,31-,32+,33-,34-/m0/s1. The maximum atomic E-state index is 11.1. The molecule has 6 aliphatic rings. The van der Waals surface area contributed by atoms with E-state index in [9.17, 15) is 86.8 Å². The molecule has 28 heteroatoms. The molecule has 362 valence electrons. The molecule has 6 fully saturated rings. The van der Waals surface area contributed by atoms with E-state index in [0.29, 0.717) is 0 Å². The van der Waals surface area contributed by atoms with Gasteiger partial charge in [-0.1, -0.05) is 0 Å². The van der Waals surface area contributed by atoms with E-state index < -0.39 is 205 Å². The molecule has 0 aliphatic carbocycles. The van der Waals surface area contributed by atoms with Crippen molar-refractivity contribution in [2.75, 3.05) is 33.0 Å². The van der Waals surface area contributed by atoms with E-state index in [4.69, 9.17) is 52.1 Å². The van der Waals surface area contributed by atoms with Crippen molar-refractivity contribution in [3.05, 3.63) is 0 Å². The summed E-state index contributed by atoms with van der Waals surface area (Å²) >= 11 is 0. The molecule has 28 atom stereocenters. The maximum absolute atomic E-state index is 11.1. The van der Waals surface area contributed by atoms with E-state index in [2.05, 4.69) is 0 Å². The van der Waals surface area contributed by atoms with Gasteiger partial charge in [-0.05, 0) is 6.92 Å². The van der Waals surface area contributed by atoms with Gasteiger partial charge in [-0.25, -0.2) is 0 Å². The molecule has 0 aromatic rings. The fourth-order valence-corrected chi connectivity index (χ4v) is 7.88. The zero-order valence-corrected chi connectivity index (χ0v) is 32.8. The van der Waals surface area contributed by atoms with Gasteiger partial charge in [0, 0.05) is 0 Å². The Balaban J connectivity index is 1.01. The Morgan fingerprint density at radius 1 is 0.355 bits per heavy atom. The Morgan fingerprint density at radius 2 is 0.710 bits per heavy atom. The molecular weight excluding hydrogens is 856 g/mol. The molecule has 0 aromatic carbocycles. The smallest absolute Gasteiger partial charge is 0.187 e. The van der Waals surface area contributed by atoms with Crippen molar-refractivity contribution in [3.8, 4) is 0 Å². The SMILES string of the molecule is C[C@@H]1O[C@H](O)[C@H](O)[C@H](O)[C@H]1O[C@@H]1OC[C@@H](O[C@@H]2OC[C@@H](O[C@H]3O[C@@H](CO)[C@H](O[C@@H]4O[C@H](CO)[C@@H](O[C@@H]5O[C@H](CO)[C@@H](O)[C@@H](O)[C@@H]5O)[C@H](O)[C@@H]4O)[C@@H](O)[C@@H]3O)[C@H](O)[C@@H]2O)[C@H](O)[C@@H]1O. The Hall–Kier alpha value is -1.12. The third-order valence-corrected chi connectivity index (χ3v) is 11.6. The number of rotatable bonds is 13. The van der Waals surface area contributed by atoms with Gasteiger partial charge in [0.15, 0.2) is 37.7 Å². The number of hydrogen-bond donors (Lipinski definition) is 17. The lowest BCUT2D eigenvalue weighted by Crippen LogP contribution is -2.67. The summed E-state index contributed by atoms with van der Waals surface area (Å²) in [7, 11) is 0. The van der Waals surface area contributed by atoms with Crippen molar-refractivity contribution in [2.45, 2.75) is 179 Å². The second kappa shape index (κ2) is 21.2. The summed E-state index contributed by atoms with van der Waals surface area (Å²) in [5.74, 6) is 0. The number of ether oxygens (including phenoxy) is 11. The topological polar surface area (TPSA) is 445 Å². The summed E-state index contributed by atoms with van der Waals surface area (Å²) in [6.45, 7) is -2.31. The van der Waals surface area contributed by atoms with Crippen molar-refractivity contribution in [1.82, 2.24) is 0 Å². The van der Waals surface area contributed by atoms with Crippen LogP contribution >= 0.6 is 0 Å². The fraction of sp³-hybridized carbons (Fsp3) is 1.00. The molecule has 0 unspecified atom stereocenters. The van der Waals surface area contributed by atoms with Crippen LogP contribution in [0.4, 0.5) is 0 Å². The molecule has 0 aromatic heterocycles. The van der Waals surface area contributed by atoms with Gasteiger partial charge < -0.3 is 139 Å². The predicted octanol–water partition coefficient (Wildman–Crippen LogP) is -11.8. The first kappa shape index (κ1) is 50.3. The third kappa shape index (κ3) is 10.2. The first-order chi connectivity index (χ1) is 29.3. The van der Waals surface area contributed by atoms with Gasteiger partial charge in [-0.2, -0.15) is 0 Å². The largest absolute Gasteiger partial charge is 0.394 e. The molecule has 0 saturated carbocycles. The molecular formula is C34H58O28. The van der Waals surface area contributed by atoms with E-state index >= 15 is 0 Å². The van der Waals surface area contributed by atoms with Gasteiger partial charge >= 0.3 is 0 Å². The molecule has 62 heavy (non-hydrogen) atoms. The highest BCUT2D eigenvalue weighted by Crippen LogP contribution is 2.35. The number of aliphatic hydroxyl groups excluding tert-OH is 17. The molecule has 0 spiro atoms. The van der Waals surface area contributed by atoms with Crippen LogP contribution in [-0.2, 0) is 52.1 Å². The van der Waals surface area contributed by atoms with E-state index in [0.717, 1.165) is 0 Å². The van der Waals surface area contributed by atoms with E-state index in [1.165, 1.54) is 6.92 Å². The number of hydrogen-bond acceptors (Lipinski definition) is 28. The van der Waals surface area contributed by atoms with Crippen LogP contribution in [0.1, 0.15) is 6.92 Å².